The Morgan fingerprint density at radius 1 is 1.33 bits per heavy atom. The number of carbonyl (C=O) groups excluding carboxylic acids is 1. The monoisotopic (exact) mass is 293 g/mol. The first-order valence-corrected chi connectivity index (χ1v) is 7.00. The van der Waals surface area contributed by atoms with Crippen LogP contribution >= 0.6 is 0 Å². The summed E-state index contributed by atoms with van der Waals surface area (Å²) in [6.07, 6.45) is 0.539. The fourth-order valence-electron chi connectivity index (χ4n) is 2.17. The molecule has 0 aliphatic carbocycles. The molecular formula is C16H23NO4. The van der Waals surface area contributed by atoms with E-state index in [9.17, 15) is 9.59 Å². The summed E-state index contributed by atoms with van der Waals surface area (Å²) in [6, 6.07) is 5.17. The summed E-state index contributed by atoms with van der Waals surface area (Å²) >= 11 is 0. The molecule has 0 bridgehead atoms. The molecule has 5 nitrogen and oxygen atoms in total. The minimum Gasteiger partial charge on any atom is -0.497 e. The maximum Gasteiger partial charge on any atom is 0.308 e. The first-order chi connectivity index (χ1) is 9.85. The Balaban J connectivity index is 2.70. The molecule has 0 aliphatic rings. The first kappa shape index (κ1) is 17.0. The maximum absolute atomic E-state index is 12.1. The van der Waals surface area contributed by atoms with Crippen LogP contribution in [0.5, 0.6) is 5.75 Å². The van der Waals surface area contributed by atoms with Crippen LogP contribution in [0.4, 0.5) is 0 Å². The SMILES string of the molecule is COc1ccc(C(=O)NCC(CC(C)C)C(=O)O)c(C)c1. The van der Waals surface area contributed by atoms with Gasteiger partial charge in [0.1, 0.15) is 5.75 Å². The summed E-state index contributed by atoms with van der Waals surface area (Å²) in [5.74, 6) is -0.744. The highest BCUT2D eigenvalue weighted by molar-refractivity contribution is 5.96. The van der Waals surface area contributed by atoms with E-state index in [1.54, 1.807) is 25.3 Å². The number of aliphatic carboxylic acids is 1. The lowest BCUT2D eigenvalue weighted by atomic mass is 9.97. The van der Waals surface area contributed by atoms with Gasteiger partial charge in [-0.2, -0.15) is 0 Å². The Kier molecular flexibility index (Phi) is 6.21. The molecule has 0 aromatic heterocycles. The Labute approximate surface area is 125 Å². The van der Waals surface area contributed by atoms with Crippen LogP contribution in [0.25, 0.3) is 0 Å². The number of methoxy groups -OCH3 is 1. The molecule has 1 aromatic rings. The van der Waals surface area contributed by atoms with E-state index in [-0.39, 0.29) is 18.4 Å². The zero-order chi connectivity index (χ0) is 16.0. The molecule has 1 unspecified atom stereocenters. The number of amides is 1. The molecule has 1 rings (SSSR count). The van der Waals surface area contributed by atoms with Crippen LogP contribution in [0.2, 0.25) is 0 Å². The molecule has 0 heterocycles. The molecule has 116 valence electrons. The number of aryl methyl sites for hydroxylation is 1. The largest absolute Gasteiger partial charge is 0.497 e. The van der Waals surface area contributed by atoms with E-state index in [2.05, 4.69) is 5.32 Å². The Hall–Kier alpha value is -2.04. The third kappa shape index (κ3) is 5.10. The van der Waals surface area contributed by atoms with Gasteiger partial charge in [0.15, 0.2) is 0 Å². The lowest BCUT2D eigenvalue weighted by molar-refractivity contribution is -0.142. The Morgan fingerprint density at radius 2 is 2.00 bits per heavy atom. The highest BCUT2D eigenvalue weighted by Gasteiger charge is 2.20. The average molecular weight is 293 g/mol. The lowest BCUT2D eigenvalue weighted by Gasteiger charge is -2.16. The average Bonchev–Trinajstić information content (AvgIpc) is 2.42. The molecule has 0 aliphatic heterocycles. The van der Waals surface area contributed by atoms with Crippen LogP contribution in [0, 0.1) is 18.8 Å². The number of carboxylic acid groups (broad SMARTS) is 1. The number of hydrogen-bond acceptors (Lipinski definition) is 3. The molecule has 1 amide bonds. The van der Waals surface area contributed by atoms with Crippen LogP contribution in [0.3, 0.4) is 0 Å². The summed E-state index contributed by atoms with van der Waals surface area (Å²) in [5.41, 5.74) is 1.33. The number of carbonyl (C=O) groups is 2. The topological polar surface area (TPSA) is 75.6 Å². The molecule has 0 fully saturated rings. The maximum atomic E-state index is 12.1. The van der Waals surface area contributed by atoms with Crippen LogP contribution in [0.15, 0.2) is 18.2 Å². The van der Waals surface area contributed by atoms with Gasteiger partial charge in [0.2, 0.25) is 0 Å². The van der Waals surface area contributed by atoms with Gasteiger partial charge >= 0.3 is 5.97 Å². The third-order valence-electron chi connectivity index (χ3n) is 3.29. The van der Waals surface area contributed by atoms with E-state index in [1.165, 1.54) is 0 Å². The minimum absolute atomic E-state index is 0.137. The highest BCUT2D eigenvalue weighted by Crippen LogP contribution is 2.17. The lowest BCUT2D eigenvalue weighted by Crippen LogP contribution is -2.34. The molecule has 0 saturated heterocycles. The third-order valence-corrected chi connectivity index (χ3v) is 3.29. The van der Waals surface area contributed by atoms with Gasteiger partial charge < -0.3 is 15.2 Å². The second-order valence-electron chi connectivity index (χ2n) is 5.56. The number of carboxylic acids is 1. The van der Waals surface area contributed by atoms with Gasteiger partial charge in [0, 0.05) is 12.1 Å². The first-order valence-electron chi connectivity index (χ1n) is 7.00. The summed E-state index contributed by atoms with van der Waals surface area (Å²) in [4.78, 5) is 23.3. The molecular weight excluding hydrogens is 270 g/mol. The molecule has 21 heavy (non-hydrogen) atoms. The fraction of sp³-hybridized carbons (Fsp3) is 0.500. The van der Waals surface area contributed by atoms with Crippen molar-refractivity contribution in [2.24, 2.45) is 11.8 Å². The van der Waals surface area contributed by atoms with E-state index in [0.717, 1.165) is 5.56 Å². The Morgan fingerprint density at radius 3 is 2.48 bits per heavy atom. The smallest absolute Gasteiger partial charge is 0.308 e. The zero-order valence-electron chi connectivity index (χ0n) is 13.0. The Bertz CT molecular complexity index is 511. The van der Waals surface area contributed by atoms with Crippen molar-refractivity contribution in [1.29, 1.82) is 0 Å². The van der Waals surface area contributed by atoms with Crippen molar-refractivity contribution >= 4 is 11.9 Å². The van der Waals surface area contributed by atoms with Crippen molar-refractivity contribution in [2.45, 2.75) is 27.2 Å². The number of rotatable bonds is 7. The number of hydrogen-bond donors (Lipinski definition) is 2. The van der Waals surface area contributed by atoms with Crippen molar-refractivity contribution in [3.8, 4) is 5.75 Å². The van der Waals surface area contributed by atoms with E-state index in [1.807, 2.05) is 20.8 Å². The van der Waals surface area contributed by atoms with Crippen molar-refractivity contribution < 1.29 is 19.4 Å². The van der Waals surface area contributed by atoms with Crippen molar-refractivity contribution in [1.82, 2.24) is 5.32 Å². The second kappa shape index (κ2) is 7.67. The van der Waals surface area contributed by atoms with Crippen molar-refractivity contribution in [3.05, 3.63) is 29.3 Å². The van der Waals surface area contributed by atoms with Crippen LogP contribution < -0.4 is 10.1 Å². The summed E-state index contributed by atoms with van der Waals surface area (Å²) < 4.78 is 5.09. The van der Waals surface area contributed by atoms with Crippen LogP contribution in [0.1, 0.15) is 36.2 Å². The summed E-state index contributed by atoms with van der Waals surface area (Å²) in [5, 5.41) is 11.9. The minimum atomic E-state index is -0.879. The van der Waals surface area contributed by atoms with Gasteiger partial charge in [-0.25, -0.2) is 0 Å². The van der Waals surface area contributed by atoms with Gasteiger partial charge in [0.05, 0.1) is 13.0 Å². The van der Waals surface area contributed by atoms with Crippen molar-refractivity contribution in [3.63, 3.8) is 0 Å². The molecule has 0 spiro atoms. The van der Waals surface area contributed by atoms with Gasteiger partial charge in [-0.1, -0.05) is 13.8 Å². The standard InChI is InChI=1S/C16H23NO4/c1-10(2)7-12(16(19)20)9-17-15(18)14-6-5-13(21-4)8-11(14)3/h5-6,8,10,12H,7,9H2,1-4H3,(H,17,18)(H,19,20). The van der Waals surface area contributed by atoms with Gasteiger partial charge in [-0.15, -0.1) is 0 Å². The van der Waals surface area contributed by atoms with Gasteiger partial charge in [0.25, 0.3) is 5.91 Å². The van der Waals surface area contributed by atoms with E-state index < -0.39 is 11.9 Å². The predicted molar refractivity (Wildman–Crippen MR) is 80.6 cm³/mol. The number of ether oxygens (including phenoxy) is 1. The van der Waals surface area contributed by atoms with Gasteiger partial charge in [-0.3, -0.25) is 9.59 Å². The molecule has 5 heteroatoms. The van der Waals surface area contributed by atoms with E-state index in [4.69, 9.17) is 9.84 Å². The highest BCUT2D eigenvalue weighted by atomic mass is 16.5. The fourth-order valence-corrected chi connectivity index (χ4v) is 2.17. The molecule has 2 N–H and O–H groups in total. The molecule has 0 radical (unpaired) electrons. The van der Waals surface area contributed by atoms with Crippen LogP contribution in [-0.2, 0) is 4.79 Å². The quantitative estimate of drug-likeness (QED) is 0.810. The number of benzene rings is 1. The zero-order valence-corrected chi connectivity index (χ0v) is 13.0. The summed E-state index contributed by atoms with van der Waals surface area (Å²) in [7, 11) is 1.57. The van der Waals surface area contributed by atoms with Crippen LogP contribution in [-0.4, -0.2) is 30.6 Å². The van der Waals surface area contributed by atoms with E-state index >= 15 is 0 Å². The number of nitrogens with one attached hydrogen (secondary N) is 1. The predicted octanol–water partition coefficient (Wildman–Crippen LogP) is 2.48. The van der Waals surface area contributed by atoms with Crippen molar-refractivity contribution in [2.75, 3.05) is 13.7 Å². The molecule has 1 atom stereocenters. The second-order valence-corrected chi connectivity index (χ2v) is 5.56. The van der Waals surface area contributed by atoms with Gasteiger partial charge in [-0.05, 0) is 43.0 Å². The summed E-state index contributed by atoms with van der Waals surface area (Å²) in [6.45, 7) is 5.88. The normalized spacial score (nSPS) is 12.0. The van der Waals surface area contributed by atoms with E-state index in [0.29, 0.717) is 17.7 Å². The molecule has 1 aromatic carbocycles. The molecule has 0 saturated carbocycles.